The van der Waals surface area contributed by atoms with E-state index in [0.717, 1.165) is 6.42 Å². The van der Waals surface area contributed by atoms with E-state index in [0.29, 0.717) is 19.3 Å². The molecule has 4 heteroatoms. The zero-order chi connectivity index (χ0) is 11.5. The van der Waals surface area contributed by atoms with Crippen LogP contribution in [0.25, 0.3) is 0 Å². The monoisotopic (exact) mass is 209 g/mol. The van der Waals surface area contributed by atoms with Crippen molar-refractivity contribution < 1.29 is 14.7 Å². The SMILES string of the molecule is C#CC(CCC)NC(=O)C1(C(=O)O)CC1. The van der Waals surface area contributed by atoms with Crippen LogP contribution in [0.4, 0.5) is 0 Å². The molecule has 1 saturated carbocycles. The second-order valence-corrected chi connectivity index (χ2v) is 3.87. The standard InChI is InChI=1S/C11H15NO3/c1-3-5-8(4-2)12-9(13)11(6-7-11)10(14)15/h2,8H,3,5-7H2,1H3,(H,12,13)(H,14,15). The summed E-state index contributed by atoms with van der Waals surface area (Å²) in [5.41, 5.74) is -1.19. The first-order valence-corrected chi connectivity index (χ1v) is 5.07. The Morgan fingerprint density at radius 2 is 2.20 bits per heavy atom. The number of hydrogen-bond acceptors (Lipinski definition) is 2. The third-order valence-corrected chi connectivity index (χ3v) is 2.68. The summed E-state index contributed by atoms with van der Waals surface area (Å²) in [7, 11) is 0. The molecule has 0 aromatic carbocycles. The fourth-order valence-electron chi connectivity index (χ4n) is 1.45. The van der Waals surface area contributed by atoms with E-state index in [-0.39, 0.29) is 6.04 Å². The van der Waals surface area contributed by atoms with E-state index >= 15 is 0 Å². The van der Waals surface area contributed by atoms with Crippen molar-refractivity contribution in [3.05, 3.63) is 0 Å². The number of rotatable bonds is 5. The number of aliphatic carboxylic acids is 1. The molecule has 1 amide bonds. The summed E-state index contributed by atoms with van der Waals surface area (Å²) in [6.45, 7) is 1.96. The van der Waals surface area contributed by atoms with Gasteiger partial charge < -0.3 is 10.4 Å². The predicted octanol–water partition coefficient (Wildman–Crippen LogP) is 0.769. The normalized spacial score (nSPS) is 18.7. The summed E-state index contributed by atoms with van der Waals surface area (Å²) in [6.07, 6.45) is 7.60. The first-order chi connectivity index (χ1) is 7.06. The highest BCUT2D eigenvalue weighted by atomic mass is 16.4. The molecule has 0 aromatic heterocycles. The number of amides is 1. The second-order valence-electron chi connectivity index (χ2n) is 3.87. The van der Waals surface area contributed by atoms with E-state index in [9.17, 15) is 9.59 Å². The molecule has 0 spiro atoms. The summed E-state index contributed by atoms with van der Waals surface area (Å²) < 4.78 is 0. The predicted molar refractivity (Wildman–Crippen MR) is 55.0 cm³/mol. The van der Waals surface area contributed by atoms with Crippen LogP contribution in [0.3, 0.4) is 0 Å². The molecular weight excluding hydrogens is 194 g/mol. The van der Waals surface area contributed by atoms with Gasteiger partial charge in [-0.15, -0.1) is 6.42 Å². The van der Waals surface area contributed by atoms with Crippen molar-refractivity contribution in [2.75, 3.05) is 0 Å². The van der Waals surface area contributed by atoms with Gasteiger partial charge in [0, 0.05) is 0 Å². The number of carboxylic acid groups (broad SMARTS) is 1. The molecule has 2 N–H and O–H groups in total. The highest BCUT2D eigenvalue weighted by Crippen LogP contribution is 2.46. The molecule has 1 atom stereocenters. The Kier molecular flexibility index (Phi) is 3.35. The third-order valence-electron chi connectivity index (χ3n) is 2.68. The van der Waals surface area contributed by atoms with E-state index in [1.807, 2.05) is 6.92 Å². The summed E-state index contributed by atoms with van der Waals surface area (Å²) in [5.74, 6) is 0.960. The average Bonchev–Trinajstić information content (AvgIpc) is 2.97. The van der Waals surface area contributed by atoms with Crippen molar-refractivity contribution in [3.63, 3.8) is 0 Å². The van der Waals surface area contributed by atoms with Crippen molar-refractivity contribution in [1.29, 1.82) is 0 Å². The maximum atomic E-state index is 11.6. The lowest BCUT2D eigenvalue weighted by atomic mass is 10.1. The van der Waals surface area contributed by atoms with E-state index < -0.39 is 17.3 Å². The van der Waals surface area contributed by atoms with E-state index in [1.165, 1.54) is 0 Å². The minimum atomic E-state index is -1.19. The van der Waals surface area contributed by atoms with Gasteiger partial charge in [0.15, 0.2) is 0 Å². The van der Waals surface area contributed by atoms with Gasteiger partial charge in [0.05, 0.1) is 6.04 Å². The Hall–Kier alpha value is -1.50. The molecule has 0 heterocycles. The van der Waals surface area contributed by atoms with Crippen LogP contribution in [0.5, 0.6) is 0 Å². The van der Waals surface area contributed by atoms with Crippen molar-refractivity contribution >= 4 is 11.9 Å². The Morgan fingerprint density at radius 3 is 2.53 bits per heavy atom. The van der Waals surface area contributed by atoms with Crippen LogP contribution in [0.1, 0.15) is 32.6 Å². The highest BCUT2D eigenvalue weighted by molar-refractivity contribution is 6.05. The van der Waals surface area contributed by atoms with Gasteiger partial charge in [-0.3, -0.25) is 9.59 Å². The Labute approximate surface area is 89.0 Å². The topological polar surface area (TPSA) is 66.4 Å². The van der Waals surface area contributed by atoms with E-state index in [2.05, 4.69) is 11.2 Å². The number of hydrogen-bond donors (Lipinski definition) is 2. The molecule has 15 heavy (non-hydrogen) atoms. The molecule has 1 unspecified atom stereocenters. The number of carbonyl (C=O) groups is 2. The van der Waals surface area contributed by atoms with E-state index in [1.54, 1.807) is 0 Å². The number of carboxylic acids is 1. The molecule has 1 aliphatic rings. The first kappa shape index (κ1) is 11.6. The van der Waals surface area contributed by atoms with Crippen molar-refractivity contribution in [2.45, 2.75) is 38.6 Å². The summed E-state index contributed by atoms with van der Waals surface area (Å²) in [4.78, 5) is 22.5. The van der Waals surface area contributed by atoms with Gasteiger partial charge in [0.2, 0.25) is 5.91 Å². The van der Waals surface area contributed by atoms with Crippen LogP contribution in [-0.2, 0) is 9.59 Å². The molecule has 4 nitrogen and oxygen atoms in total. The molecule has 0 aliphatic heterocycles. The van der Waals surface area contributed by atoms with Crippen LogP contribution >= 0.6 is 0 Å². The van der Waals surface area contributed by atoms with E-state index in [4.69, 9.17) is 11.5 Å². The lowest BCUT2D eigenvalue weighted by Gasteiger charge is -2.15. The Morgan fingerprint density at radius 1 is 1.60 bits per heavy atom. The number of terminal acetylenes is 1. The van der Waals surface area contributed by atoms with Gasteiger partial charge in [-0.05, 0) is 19.3 Å². The van der Waals surface area contributed by atoms with Gasteiger partial charge in [0.25, 0.3) is 0 Å². The van der Waals surface area contributed by atoms with Crippen molar-refractivity contribution in [2.24, 2.45) is 5.41 Å². The molecule has 0 bridgehead atoms. The minimum Gasteiger partial charge on any atom is -0.480 e. The molecule has 1 aliphatic carbocycles. The molecule has 82 valence electrons. The fourth-order valence-corrected chi connectivity index (χ4v) is 1.45. The Bertz CT molecular complexity index is 312. The summed E-state index contributed by atoms with van der Waals surface area (Å²) >= 11 is 0. The van der Waals surface area contributed by atoms with Crippen LogP contribution in [0, 0.1) is 17.8 Å². The van der Waals surface area contributed by atoms with Gasteiger partial charge in [-0.25, -0.2) is 0 Å². The first-order valence-electron chi connectivity index (χ1n) is 5.07. The molecule has 0 saturated heterocycles. The van der Waals surface area contributed by atoms with Crippen LogP contribution < -0.4 is 5.32 Å². The maximum Gasteiger partial charge on any atom is 0.319 e. The second kappa shape index (κ2) is 4.35. The fraction of sp³-hybridized carbons (Fsp3) is 0.636. The van der Waals surface area contributed by atoms with Crippen LogP contribution in [-0.4, -0.2) is 23.0 Å². The molecule has 1 fully saturated rings. The zero-order valence-corrected chi connectivity index (χ0v) is 8.75. The Balaban J connectivity index is 2.56. The quantitative estimate of drug-likeness (QED) is 0.519. The molecular formula is C11H15NO3. The maximum absolute atomic E-state index is 11.6. The van der Waals surface area contributed by atoms with Crippen LogP contribution in [0.2, 0.25) is 0 Å². The third kappa shape index (κ3) is 2.30. The smallest absolute Gasteiger partial charge is 0.319 e. The highest BCUT2D eigenvalue weighted by Gasteiger charge is 2.57. The molecule has 1 rings (SSSR count). The largest absolute Gasteiger partial charge is 0.480 e. The lowest BCUT2D eigenvalue weighted by molar-refractivity contribution is -0.149. The van der Waals surface area contributed by atoms with Gasteiger partial charge in [-0.1, -0.05) is 19.3 Å². The minimum absolute atomic E-state index is 0.348. The number of carbonyl (C=O) groups excluding carboxylic acids is 1. The summed E-state index contributed by atoms with van der Waals surface area (Å²) in [5, 5.41) is 11.5. The van der Waals surface area contributed by atoms with Gasteiger partial charge in [-0.2, -0.15) is 0 Å². The van der Waals surface area contributed by atoms with Gasteiger partial charge >= 0.3 is 5.97 Å². The van der Waals surface area contributed by atoms with Crippen molar-refractivity contribution in [3.8, 4) is 12.3 Å². The average molecular weight is 209 g/mol. The van der Waals surface area contributed by atoms with Gasteiger partial charge in [0.1, 0.15) is 5.41 Å². The zero-order valence-electron chi connectivity index (χ0n) is 8.75. The lowest BCUT2D eigenvalue weighted by Crippen LogP contribution is -2.42. The van der Waals surface area contributed by atoms with Crippen LogP contribution in [0.15, 0.2) is 0 Å². The van der Waals surface area contributed by atoms with Crippen molar-refractivity contribution in [1.82, 2.24) is 5.32 Å². The molecule has 0 radical (unpaired) electrons. The number of nitrogens with one attached hydrogen (secondary N) is 1. The molecule has 0 aromatic rings. The summed E-state index contributed by atoms with van der Waals surface area (Å²) in [6, 6.07) is -0.348.